The monoisotopic (exact) mass is 837 g/mol. The lowest BCUT2D eigenvalue weighted by Crippen LogP contribution is -2.57. The first-order valence-electron chi connectivity index (χ1n) is 20.6. The number of rotatable bonds is 8. The third kappa shape index (κ3) is 15.0. The van der Waals surface area contributed by atoms with Gasteiger partial charge in [0.1, 0.15) is 36.0 Å². The number of cyclic esters (lactones) is 2. The van der Waals surface area contributed by atoms with Gasteiger partial charge in [0.25, 0.3) is 5.91 Å². The molecule has 0 saturated carbocycles. The predicted molar refractivity (Wildman–Crippen MR) is 228 cm³/mol. The first kappa shape index (κ1) is 50.7. The van der Waals surface area contributed by atoms with Crippen molar-refractivity contribution < 1.29 is 47.8 Å². The molecular formula is C45H67N5O10. The maximum absolute atomic E-state index is 14.2. The Kier molecular flexibility index (Phi) is 20.2. The molecule has 2 rings (SSSR count). The van der Waals surface area contributed by atoms with Crippen LogP contribution in [-0.4, -0.2) is 115 Å². The molecule has 15 heteroatoms. The van der Waals surface area contributed by atoms with E-state index < -0.39 is 84.4 Å². The van der Waals surface area contributed by atoms with E-state index in [0.29, 0.717) is 17.7 Å². The molecule has 332 valence electrons. The minimum atomic E-state index is -1.23. The van der Waals surface area contributed by atoms with Gasteiger partial charge < -0.3 is 40.0 Å². The minimum Gasteiger partial charge on any atom is -0.497 e. The molecule has 1 aromatic rings. The van der Waals surface area contributed by atoms with Crippen molar-refractivity contribution in [3.8, 4) is 5.75 Å². The summed E-state index contributed by atoms with van der Waals surface area (Å²) in [5.74, 6) is -4.75. The second kappa shape index (κ2) is 24.0. The topological polar surface area (TPSA) is 190 Å². The van der Waals surface area contributed by atoms with Crippen molar-refractivity contribution in [1.29, 1.82) is 0 Å². The fourth-order valence-corrected chi connectivity index (χ4v) is 6.44. The second-order valence-electron chi connectivity index (χ2n) is 16.1. The lowest BCUT2D eigenvalue weighted by atomic mass is 9.97. The standard InChI is InChI=1S/C45H67N5O10/c1-14-27(5)38-41(53)47-32(10)45(57)60-39(28(6)15-2)29(7)17-16-18-30(8)44(56)59-36(23-26(3)4)40(52)46-31(9)42(54)50(12)35(43(55)49(11)25-37(51)48-38)24-33-19-21-34(58-13)22-20-33/h15-22,26-27,29,31-32,35-36,38-39H,14,23-25H2,1-13H3,(H,46,52)(H,47,53)(H,48,51)/b17-16+,28-15+,30-18+/t27?,29-,31-,32+,35+,36+,38?,39+/m0/s1. The smallest absolute Gasteiger partial charge is 0.334 e. The highest BCUT2D eigenvalue weighted by Crippen LogP contribution is 2.21. The number of hydrogen-bond acceptors (Lipinski definition) is 10. The Bertz CT molecular complexity index is 1770. The van der Waals surface area contributed by atoms with Gasteiger partial charge in [0.15, 0.2) is 6.10 Å². The van der Waals surface area contributed by atoms with Crippen LogP contribution in [0, 0.1) is 17.8 Å². The third-order valence-corrected chi connectivity index (χ3v) is 10.6. The Morgan fingerprint density at radius 3 is 2.08 bits per heavy atom. The number of amides is 5. The van der Waals surface area contributed by atoms with Gasteiger partial charge in [0.05, 0.1) is 13.7 Å². The van der Waals surface area contributed by atoms with Crippen LogP contribution in [0.4, 0.5) is 0 Å². The number of nitrogens with one attached hydrogen (secondary N) is 3. The highest BCUT2D eigenvalue weighted by molar-refractivity contribution is 5.96. The molecule has 0 radical (unpaired) electrons. The Morgan fingerprint density at radius 2 is 1.52 bits per heavy atom. The van der Waals surface area contributed by atoms with Crippen molar-refractivity contribution in [2.24, 2.45) is 17.8 Å². The molecule has 0 aromatic heterocycles. The molecule has 60 heavy (non-hydrogen) atoms. The van der Waals surface area contributed by atoms with E-state index in [1.54, 1.807) is 50.3 Å². The van der Waals surface area contributed by atoms with Crippen molar-refractivity contribution in [1.82, 2.24) is 25.8 Å². The summed E-state index contributed by atoms with van der Waals surface area (Å²) >= 11 is 0. The van der Waals surface area contributed by atoms with Gasteiger partial charge in [-0.25, -0.2) is 9.59 Å². The molecule has 0 aliphatic carbocycles. The molecule has 1 aromatic carbocycles. The van der Waals surface area contributed by atoms with Gasteiger partial charge in [0.2, 0.25) is 23.6 Å². The van der Waals surface area contributed by atoms with Crippen LogP contribution in [0.5, 0.6) is 5.75 Å². The molecule has 15 nitrogen and oxygen atoms in total. The molecule has 0 saturated heterocycles. The van der Waals surface area contributed by atoms with Crippen LogP contribution in [0.15, 0.2) is 59.7 Å². The molecule has 1 heterocycles. The number of hydrogen-bond donors (Lipinski definition) is 3. The average molecular weight is 838 g/mol. The Hall–Kier alpha value is -5.47. The first-order valence-corrected chi connectivity index (χ1v) is 20.6. The highest BCUT2D eigenvalue weighted by atomic mass is 16.6. The molecule has 1 aliphatic heterocycles. The van der Waals surface area contributed by atoms with Gasteiger partial charge in [0, 0.05) is 32.0 Å². The zero-order chi connectivity index (χ0) is 45.4. The number of likely N-dealkylation sites (N-methyl/N-ethyl adjacent to an activating group) is 2. The van der Waals surface area contributed by atoms with Gasteiger partial charge in [-0.15, -0.1) is 0 Å². The van der Waals surface area contributed by atoms with Crippen LogP contribution >= 0.6 is 0 Å². The maximum atomic E-state index is 14.2. The van der Waals surface area contributed by atoms with Crippen molar-refractivity contribution in [3.05, 3.63) is 65.3 Å². The van der Waals surface area contributed by atoms with E-state index in [0.717, 1.165) is 5.57 Å². The predicted octanol–water partition coefficient (Wildman–Crippen LogP) is 4.05. The van der Waals surface area contributed by atoms with E-state index in [1.807, 2.05) is 47.6 Å². The fraction of sp³-hybridized carbons (Fsp3) is 0.578. The van der Waals surface area contributed by atoms with Crippen LogP contribution in [0.1, 0.15) is 87.6 Å². The number of nitrogens with zero attached hydrogens (tertiary/aromatic N) is 2. The first-order chi connectivity index (χ1) is 28.1. The summed E-state index contributed by atoms with van der Waals surface area (Å²) < 4.78 is 16.9. The zero-order valence-corrected chi connectivity index (χ0v) is 37.6. The van der Waals surface area contributed by atoms with Gasteiger partial charge in [-0.2, -0.15) is 0 Å². The minimum absolute atomic E-state index is 0.0461. The summed E-state index contributed by atoms with van der Waals surface area (Å²) in [6.07, 6.45) is 5.52. The van der Waals surface area contributed by atoms with Crippen LogP contribution in [0.25, 0.3) is 0 Å². The van der Waals surface area contributed by atoms with Crippen molar-refractivity contribution in [3.63, 3.8) is 0 Å². The highest BCUT2D eigenvalue weighted by Gasteiger charge is 2.36. The lowest BCUT2D eigenvalue weighted by molar-refractivity contribution is -0.154. The van der Waals surface area contributed by atoms with E-state index in [2.05, 4.69) is 16.0 Å². The zero-order valence-electron chi connectivity index (χ0n) is 37.6. The van der Waals surface area contributed by atoms with Crippen LogP contribution in [0.2, 0.25) is 0 Å². The van der Waals surface area contributed by atoms with Gasteiger partial charge in [-0.3, -0.25) is 24.0 Å². The van der Waals surface area contributed by atoms with E-state index >= 15 is 0 Å². The van der Waals surface area contributed by atoms with E-state index in [4.69, 9.17) is 14.2 Å². The Balaban J connectivity index is 2.64. The van der Waals surface area contributed by atoms with Crippen molar-refractivity contribution in [2.45, 2.75) is 125 Å². The molecule has 5 amide bonds. The van der Waals surface area contributed by atoms with Crippen LogP contribution in [0.3, 0.4) is 0 Å². The quantitative estimate of drug-likeness (QED) is 0.255. The van der Waals surface area contributed by atoms with Gasteiger partial charge in [-0.05, 0) is 76.1 Å². The summed E-state index contributed by atoms with van der Waals surface area (Å²) in [4.78, 5) is 98.2. The van der Waals surface area contributed by atoms with E-state index in [9.17, 15) is 33.6 Å². The summed E-state index contributed by atoms with van der Waals surface area (Å²) in [5, 5.41) is 8.10. The number of benzene rings is 1. The number of esters is 2. The molecule has 0 spiro atoms. The number of ether oxygens (including phenoxy) is 3. The summed E-state index contributed by atoms with van der Waals surface area (Å²) in [6.45, 7) is 16.9. The van der Waals surface area contributed by atoms with Crippen LogP contribution in [-0.2, 0) is 49.5 Å². The van der Waals surface area contributed by atoms with Gasteiger partial charge >= 0.3 is 11.9 Å². The number of carbonyl (C=O) groups excluding carboxylic acids is 7. The number of allylic oxidation sites excluding steroid dienone is 3. The van der Waals surface area contributed by atoms with Crippen molar-refractivity contribution >= 4 is 41.5 Å². The molecular weight excluding hydrogens is 771 g/mol. The molecule has 8 atom stereocenters. The third-order valence-electron chi connectivity index (χ3n) is 10.6. The molecule has 3 N–H and O–H groups in total. The second-order valence-corrected chi connectivity index (χ2v) is 16.1. The van der Waals surface area contributed by atoms with E-state index in [-0.39, 0.29) is 36.2 Å². The maximum Gasteiger partial charge on any atom is 0.334 e. The van der Waals surface area contributed by atoms with Crippen LogP contribution < -0.4 is 20.7 Å². The molecule has 0 fully saturated rings. The normalized spacial score (nSPS) is 27.5. The Morgan fingerprint density at radius 1 is 0.900 bits per heavy atom. The lowest BCUT2D eigenvalue weighted by Gasteiger charge is -2.33. The number of methoxy groups -OCH3 is 1. The number of carbonyl (C=O) groups is 7. The Labute approximate surface area is 355 Å². The summed E-state index contributed by atoms with van der Waals surface area (Å²) in [7, 11) is 4.38. The molecule has 0 bridgehead atoms. The van der Waals surface area contributed by atoms with Crippen molar-refractivity contribution in [2.75, 3.05) is 27.7 Å². The van der Waals surface area contributed by atoms with Gasteiger partial charge in [-0.1, -0.05) is 77.5 Å². The largest absolute Gasteiger partial charge is 0.497 e. The summed E-state index contributed by atoms with van der Waals surface area (Å²) in [5.41, 5.74) is 1.64. The fourth-order valence-electron chi connectivity index (χ4n) is 6.44. The molecule has 1 aliphatic rings. The van der Waals surface area contributed by atoms with E-state index in [1.165, 1.54) is 50.9 Å². The molecule has 2 unspecified atom stereocenters. The SMILES string of the molecule is C/C=C(\C)[C@H]1OC(=O)[C@@H](C)NC(=O)C(C(C)CC)NC(=O)CN(C)C(=O)[C@@H](Cc2ccc(OC)cc2)N(C)C(=O)[C@H](C)NC(=O)[C@@H](CC(C)C)OC(=O)/C(C)=C/C=C/[C@@H]1C. The average Bonchev–Trinajstić information content (AvgIpc) is 3.21. The summed E-state index contributed by atoms with van der Waals surface area (Å²) in [6, 6.07) is 2.52.